The first kappa shape index (κ1) is 18.4. The van der Waals surface area contributed by atoms with E-state index < -0.39 is 0 Å². The maximum Gasteiger partial charge on any atom is 0.252 e. The number of nitrogens with zero attached hydrogens (tertiary/aromatic N) is 2. The molecule has 0 aliphatic rings. The molecule has 3 rings (SSSR count). The molecule has 3 aromatic rings. The van der Waals surface area contributed by atoms with Gasteiger partial charge in [-0.15, -0.1) is 11.3 Å². The minimum Gasteiger partial charge on any atom is -0.347 e. The van der Waals surface area contributed by atoms with E-state index in [0.717, 1.165) is 16.1 Å². The molecule has 6 heteroatoms. The van der Waals surface area contributed by atoms with E-state index in [9.17, 15) is 4.79 Å². The van der Waals surface area contributed by atoms with Gasteiger partial charge in [0, 0.05) is 30.6 Å². The molecule has 0 aliphatic carbocycles. The van der Waals surface area contributed by atoms with Gasteiger partial charge in [-0.1, -0.05) is 44.2 Å². The van der Waals surface area contributed by atoms with Crippen LogP contribution in [0.25, 0.3) is 10.6 Å². The standard InChI is InChI=1S/C20H24N4OS/c1-20(2,15-7-5-4-6-8-15)18(12-21)23-19(25)14-11-17(26-13-14)16-9-10-22-24(16)3/h4-11,13,18H,12,21H2,1-3H3,(H,23,25). The monoisotopic (exact) mass is 368 g/mol. The number of thiophene rings is 1. The van der Waals surface area contributed by atoms with E-state index in [2.05, 4.69) is 36.4 Å². The molecular weight excluding hydrogens is 344 g/mol. The highest BCUT2D eigenvalue weighted by molar-refractivity contribution is 7.13. The molecule has 0 fully saturated rings. The molecule has 3 N–H and O–H groups in total. The molecule has 5 nitrogen and oxygen atoms in total. The van der Waals surface area contributed by atoms with Crippen molar-refractivity contribution in [2.45, 2.75) is 25.3 Å². The van der Waals surface area contributed by atoms with Crippen LogP contribution in [-0.4, -0.2) is 28.3 Å². The number of hydrogen-bond donors (Lipinski definition) is 2. The predicted molar refractivity (Wildman–Crippen MR) is 106 cm³/mol. The Bertz CT molecular complexity index is 882. The van der Waals surface area contributed by atoms with E-state index in [1.165, 1.54) is 11.3 Å². The number of aryl methyl sites for hydroxylation is 1. The zero-order valence-corrected chi connectivity index (χ0v) is 16.1. The van der Waals surface area contributed by atoms with Gasteiger partial charge in [0.25, 0.3) is 5.91 Å². The molecule has 0 aliphatic heterocycles. The van der Waals surface area contributed by atoms with Crippen LogP contribution < -0.4 is 11.1 Å². The van der Waals surface area contributed by atoms with Gasteiger partial charge in [-0.2, -0.15) is 5.10 Å². The van der Waals surface area contributed by atoms with Gasteiger partial charge in [0.2, 0.25) is 0 Å². The van der Waals surface area contributed by atoms with Crippen LogP contribution in [0.4, 0.5) is 0 Å². The summed E-state index contributed by atoms with van der Waals surface area (Å²) in [5.74, 6) is -0.103. The summed E-state index contributed by atoms with van der Waals surface area (Å²) in [5.41, 5.74) is 8.52. The molecule has 136 valence electrons. The predicted octanol–water partition coefficient (Wildman–Crippen LogP) is 3.18. The van der Waals surface area contributed by atoms with Gasteiger partial charge in [-0.3, -0.25) is 9.48 Å². The van der Waals surface area contributed by atoms with Gasteiger partial charge in [0.05, 0.1) is 22.2 Å². The van der Waals surface area contributed by atoms with Crippen molar-refractivity contribution in [2.24, 2.45) is 12.8 Å². The average molecular weight is 369 g/mol. The molecule has 1 amide bonds. The number of rotatable bonds is 6. The summed E-state index contributed by atoms with van der Waals surface area (Å²) in [4.78, 5) is 13.8. The van der Waals surface area contributed by atoms with E-state index in [0.29, 0.717) is 12.1 Å². The lowest BCUT2D eigenvalue weighted by Crippen LogP contribution is -2.51. The number of amides is 1. The van der Waals surface area contributed by atoms with Crippen LogP contribution in [-0.2, 0) is 12.5 Å². The molecule has 0 bridgehead atoms. The maximum absolute atomic E-state index is 12.8. The molecule has 1 aromatic carbocycles. The molecule has 1 atom stereocenters. The number of carbonyl (C=O) groups is 1. The van der Waals surface area contributed by atoms with Gasteiger partial charge in [0.1, 0.15) is 0 Å². The van der Waals surface area contributed by atoms with Crippen LogP contribution in [0, 0.1) is 0 Å². The van der Waals surface area contributed by atoms with Crippen LogP contribution in [0.15, 0.2) is 54.0 Å². The quantitative estimate of drug-likeness (QED) is 0.702. The molecule has 1 unspecified atom stereocenters. The molecule has 2 aromatic heterocycles. The largest absolute Gasteiger partial charge is 0.347 e. The van der Waals surface area contributed by atoms with Gasteiger partial charge in [0.15, 0.2) is 0 Å². The summed E-state index contributed by atoms with van der Waals surface area (Å²) < 4.78 is 1.80. The van der Waals surface area contributed by atoms with Crippen LogP contribution in [0.1, 0.15) is 29.8 Å². The zero-order chi connectivity index (χ0) is 18.7. The minimum absolute atomic E-state index is 0.103. The van der Waals surface area contributed by atoms with Crippen LogP contribution in [0.2, 0.25) is 0 Å². The van der Waals surface area contributed by atoms with Crippen LogP contribution in [0.5, 0.6) is 0 Å². The second kappa shape index (κ2) is 7.43. The normalized spacial score (nSPS) is 12.8. The van der Waals surface area contributed by atoms with E-state index in [-0.39, 0.29) is 17.4 Å². The fourth-order valence-corrected chi connectivity index (χ4v) is 3.99. The van der Waals surface area contributed by atoms with Gasteiger partial charge in [-0.25, -0.2) is 0 Å². The molecule has 0 radical (unpaired) electrons. The third-order valence-electron chi connectivity index (χ3n) is 4.86. The van der Waals surface area contributed by atoms with Crippen LogP contribution in [0.3, 0.4) is 0 Å². The van der Waals surface area contributed by atoms with E-state index in [1.807, 2.05) is 42.8 Å². The third-order valence-corrected chi connectivity index (χ3v) is 5.82. The molecule has 0 saturated carbocycles. The first-order chi connectivity index (χ1) is 12.4. The highest BCUT2D eigenvalue weighted by Crippen LogP contribution is 2.29. The van der Waals surface area contributed by atoms with Gasteiger partial charge in [-0.05, 0) is 17.7 Å². The summed E-state index contributed by atoms with van der Waals surface area (Å²) >= 11 is 1.54. The molecular formula is C20H24N4OS. The first-order valence-corrected chi connectivity index (χ1v) is 9.45. The van der Waals surface area contributed by atoms with Crippen molar-refractivity contribution < 1.29 is 4.79 Å². The molecule has 26 heavy (non-hydrogen) atoms. The number of benzene rings is 1. The summed E-state index contributed by atoms with van der Waals surface area (Å²) in [6.07, 6.45) is 1.75. The first-order valence-electron chi connectivity index (χ1n) is 8.57. The second-order valence-electron chi connectivity index (χ2n) is 6.89. The summed E-state index contributed by atoms with van der Waals surface area (Å²) in [7, 11) is 1.89. The minimum atomic E-state index is -0.271. The summed E-state index contributed by atoms with van der Waals surface area (Å²) in [6.45, 7) is 4.58. The SMILES string of the molecule is Cn1nccc1-c1cc(C(=O)NC(CN)C(C)(C)c2ccccc2)cs1. The number of nitrogens with one attached hydrogen (secondary N) is 1. The lowest BCUT2D eigenvalue weighted by Gasteiger charge is -2.34. The Labute approximate surface area is 157 Å². The Morgan fingerprint density at radius 2 is 2.04 bits per heavy atom. The molecule has 2 heterocycles. The lowest BCUT2D eigenvalue weighted by atomic mass is 9.77. The van der Waals surface area contributed by atoms with Gasteiger partial charge >= 0.3 is 0 Å². The number of carbonyl (C=O) groups excluding carboxylic acids is 1. The third kappa shape index (κ3) is 3.57. The lowest BCUT2D eigenvalue weighted by molar-refractivity contribution is 0.0921. The van der Waals surface area contributed by atoms with Crippen LogP contribution >= 0.6 is 11.3 Å². The van der Waals surface area contributed by atoms with E-state index in [1.54, 1.807) is 10.9 Å². The van der Waals surface area contributed by atoms with E-state index >= 15 is 0 Å². The second-order valence-corrected chi connectivity index (χ2v) is 7.80. The Hall–Kier alpha value is -2.44. The zero-order valence-electron chi connectivity index (χ0n) is 15.3. The van der Waals surface area contributed by atoms with Crippen molar-refractivity contribution in [3.05, 3.63) is 65.2 Å². The Balaban J connectivity index is 1.78. The number of nitrogens with two attached hydrogens (primary N) is 1. The molecule has 0 saturated heterocycles. The smallest absolute Gasteiger partial charge is 0.252 e. The van der Waals surface area contributed by atoms with Crippen molar-refractivity contribution in [2.75, 3.05) is 6.54 Å². The summed E-state index contributed by atoms with van der Waals surface area (Å²) in [5, 5.41) is 9.17. The highest BCUT2D eigenvalue weighted by Gasteiger charge is 2.31. The van der Waals surface area contributed by atoms with Crippen molar-refractivity contribution in [3.8, 4) is 10.6 Å². The van der Waals surface area contributed by atoms with E-state index in [4.69, 9.17) is 5.73 Å². The average Bonchev–Trinajstić information content (AvgIpc) is 3.28. The fourth-order valence-electron chi connectivity index (χ4n) is 3.05. The van der Waals surface area contributed by atoms with Crippen molar-refractivity contribution >= 4 is 17.2 Å². The number of aromatic nitrogens is 2. The maximum atomic E-state index is 12.8. The fraction of sp³-hybridized carbons (Fsp3) is 0.300. The highest BCUT2D eigenvalue weighted by atomic mass is 32.1. The topological polar surface area (TPSA) is 72.9 Å². The summed E-state index contributed by atoms with van der Waals surface area (Å²) in [6, 6.07) is 13.8. The van der Waals surface area contributed by atoms with Crippen molar-refractivity contribution in [1.82, 2.24) is 15.1 Å². The van der Waals surface area contributed by atoms with Gasteiger partial charge < -0.3 is 11.1 Å². The molecule has 0 spiro atoms. The Morgan fingerprint density at radius 1 is 1.31 bits per heavy atom. The Kier molecular flexibility index (Phi) is 5.25. The Morgan fingerprint density at radius 3 is 2.65 bits per heavy atom. The van der Waals surface area contributed by atoms with Crippen molar-refractivity contribution in [1.29, 1.82) is 0 Å². The number of hydrogen-bond acceptors (Lipinski definition) is 4. The van der Waals surface area contributed by atoms with Crippen molar-refractivity contribution in [3.63, 3.8) is 0 Å².